The molecule has 25 heavy (non-hydrogen) atoms. The zero-order chi connectivity index (χ0) is 17.4. The summed E-state index contributed by atoms with van der Waals surface area (Å²) in [6.07, 6.45) is 0.951. The predicted molar refractivity (Wildman–Crippen MR) is 93.2 cm³/mol. The van der Waals surface area contributed by atoms with Gasteiger partial charge < -0.3 is 4.52 Å². The van der Waals surface area contributed by atoms with Crippen LogP contribution in [0.2, 0.25) is 5.02 Å². The van der Waals surface area contributed by atoms with Gasteiger partial charge in [-0.3, -0.25) is 0 Å². The van der Waals surface area contributed by atoms with Crippen LogP contribution in [0.1, 0.15) is 35.5 Å². The van der Waals surface area contributed by atoms with Gasteiger partial charge in [0.25, 0.3) is 0 Å². The molecular formula is C18H15ClN2O3S. The topological polar surface area (TPSA) is 73.1 Å². The lowest BCUT2D eigenvalue weighted by atomic mass is 10.1. The van der Waals surface area contributed by atoms with Gasteiger partial charge in [0.05, 0.1) is 4.90 Å². The van der Waals surface area contributed by atoms with Crippen LogP contribution in [0.5, 0.6) is 0 Å². The van der Waals surface area contributed by atoms with Crippen LogP contribution in [0, 0.1) is 0 Å². The quantitative estimate of drug-likeness (QED) is 0.675. The van der Waals surface area contributed by atoms with E-state index in [4.69, 9.17) is 16.1 Å². The fourth-order valence-corrected chi connectivity index (χ4v) is 4.20. The lowest BCUT2D eigenvalue weighted by Crippen LogP contribution is -2.05. The minimum absolute atomic E-state index is 0.115. The highest BCUT2D eigenvalue weighted by Crippen LogP contribution is 2.53. The van der Waals surface area contributed by atoms with Crippen LogP contribution in [0.3, 0.4) is 0 Å². The Morgan fingerprint density at radius 2 is 1.76 bits per heavy atom. The van der Waals surface area contributed by atoms with Crippen molar-refractivity contribution in [3.63, 3.8) is 0 Å². The number of sulfone groups is 1. The molecule has 1 aromatic heterocycles. The summed E-state index contributed by atoms with van der Waals surface area (Å²) in [6, 6.07) is 16.2. The summed E-state index contributed by atoms with van der Waals surface area (Å²) in [4.78, 5) is 4.48. The van der Waals surface area contributed by atoms with Crippen molar-refractivity contribution in [1.29, 1.82) is 0 Å². The van der Waals surface area contributed by atoms with Gasteiger partial charge >= 0.3 is 0 Å². The molecule has 1 fully saturated rings. The first kappa shape index (κ1) is 16.3. The third-order valence-electron chi connectivity index (χ3n) is 4.32. The number of hydrogen-bond acceptors (Lipinski definition) is 5. The zero-order valence-corrected chi connectivity index (χ0v) is 14.7. The van der Waals surface area contributed by atoms with E-state index in [1.165, 1.54) is 17.7 Å². The molecular weight excluding hydrogens is 360 g/mol. The number of rotatable bonds is 5. The first-order chi connectivity index (χ1) is 12.0. The average Bonchev–Trinajstić information content (AvgIpc) is 3.28. The molecule has 7 heteroatoms. The maximum atomic E-state index is 12.4. The number of hydrogen-bond donors (Lipinski definition) is 0. The second-order valence-corrected chi connectivity index (χ2v) is 8.54. The summed E-state index contributed by atoms with van der Waals surface area (Å²) in [6.45, 7) is 0. The molecule has 3 aromatic rings. The maximum absolute atomic E-state index is 12.4. The van der Waals surface area contributed by atoms with Gasteiger partial charge in [-0.05, 0) is 42.2 Å². The molecule has 0 N–H and O–H groups in total. The first-order valence-corrected chi connectivity index (χ1v) is 9.92. The minimum atomic E-state index is -3.54. The molecule has 1 aliphatic carbocycles. The molecule has 128 valence electrons. The van der Waals surface area contributed by atoms with E-state index in [0.29, 0.717) is 16.8 Å². The monoisotopic (exact) mass is 374 g/mol. The van der Waals surface area contributed by atoms with Crippen molar-refractivity contribution < 1.29 is 12.9 Å². The van der Waals surface area contributed by atoms with Gasteiger partial charge in [-0.2, -0.15) is 4.98 Å². The van der Waals surface area contributed by atoms with Crippen LogP contribution in [0.25, 0.3) is 0 Å². The van der Waals surface area contributed by atoms with E-state index in [1.54, 1.807) is 12.1 Å². The molecule has 0 aliphatic heterocycles. The van der Waals surface area contributed by atoms with Crippen molar-refractivity contribution in [2.45, 2.75) is 28.9 Å². The molecule has 1 heterocycles. The maximum Gasteiger partial charge on any atom is 0.242 e. The van der Waals surface area contributed by atoms with Crippen LogP contribution in [-0.4, -0.2) is 18.6 Å². The number of nitrogens with zero attached hydrogens (tertiary/aromatic N) is 2. The highest BCUT2D eigenvalue weighted by atomic mass is 35.5. The van der Waals surface area contributed by atoms with Crippen LogP contribution < -0.4 is 0 Å². The van der Waals surface area contributed by atoms with E-state index >= 15 is 0 Å². The Morgan fingerprint density at radius 3 is 2.48 bits per heavy atom. The normalized spacial score (nSPS) is 19.7. The Labute approximate surface area is 150 Å². The largest absolute Gasteiger partial charge is 0.338 e. The van der Waals surface area contributed by atoms with Gasteiger partial charge in [-0.15, -0.1) is 0 Å². The van der Waals surface area contributed by atoms with Gasteiger partial charge in [-0.25, -0.2) is 8.42 Å². The molecule has 1 saturated carbocycles. The minimum Gasteiger partial charge on any atom is -0.338 e. The molecule has 1 aliphatic rings. The Morgan fingerprint density at radius 1 is 1.04 bits per heavy atom. The Bertz CT molecular complexity index is 985. The molecule has 0 spiro atoms. The molecule has 0 amide bonds. The molecule has 0 saturated heterocycles. The average molecular weight is 375 g/mol. The Kier molecular flexibility index (Phi) is 4.09. The van der Waals surface area contributed by atoms with Gasteiger partial charge in [0.2, 0.25) is 5.89 Å². The summed E-state index contributed by atoms with van der Waals surface area (Å²) < 4.78 is 30.0. The highest BCUT2D eigenvalue weighted by molar-refractivity contribution is 7.90. The highest BCUT2D eigenvalue weighted by Gasteiger charge is 2.43. The number of halogens is 1. The number of aromatic nitrogens is 2. The zero-order valence-electron chi connectivity index (χ0n) is 13.2. The van der Waals surface area contributed by atoms with E-state index in [9.17, 15) is 8.42 Å². The van der Waals surface area contributed by atoms with E-state index in [-0.39, 0.29) is 22.5 Å². The van der Waals surface area contributed by atoms with Gasteiger partial charge in [0.15, 0.2) is 15.7 Å². The molecule has 4 rings (SSSR count). The lowest BCUT2D eigenvalue weighted by Gasteiger charge is -2.01. The lowest BCUT2D eigenvalue weighted by molar-refractivity contribution is 0.382. The van der Waals surface area contributed by atoms with Crippen LogP contribution >= 0.6 is 11.6 Å². The smallest absolute Gasteiger partial charge is 0.242 e. The van der Waals surface area contributed by atoms with Crippen molar-refractivity contribution >= 4 is 21.4 Å². The van der Waals surface area contributed by atoms with Crippen LogP contribution in [0.4, 0.5) is 0 Å². The standard InChI is InChI=1S/C18H15ClN2O3S/c19-13-6-8-14(9-7-13)25(22,23)11-17-20-18(21-24-17)16-10-15(16)12-4-2-1-3-5-12/h1-9,15-16H,10-11H2/t15-,16+/m0/s1. The molecule has 0 unspecified atom stereocenters. The van der Waals surface area contributed by atoms with Crippen molar-refractivity contribution in [3.8, 4) is 0 Å². The van der Waals surface area contributed by atoms with Gasteiger partial charge in [-0.1, -0.05) is 47.1 Å². The summed E-state index contributed by atoms with van der Waals surface area (Å²) in [5.74, 6) is 0.946. The summed E-state index contributed by atoms with van der Waals surface area (Å²) >= 11 is 5.80. The van der Waals surface area contributed by atoms with E-state index in [0.717, 1.165) is 6.42 Å². The second kappa shape index (κ2) is 6.28. The number of benzene rings is 2. The first-order valence-electron chi connectivity index (χ1n) is 7.89. The molecule has 0 radical (unpaired) electrons. The summed E-state index contributed by atoms with van der Waals surface area (Å²) in [5, 5.41) is 4.46. The summed E-state index contributed by atoms with van der Waals surface area (Å²) in [7, 11) is -3.54. The van der Waals surface area contributed by atoms with E-state index < -0.39 is 9.84 Å². The van der Waals surface area contributed by atoms with Crippen LogP contribution in [0.15, 0.2) is 64.0 Å². The van der Waals surface area contributed by atoms with Gasteiger partial charge in [0, 0.05) is 10.9 Å². The fourth-order valence-electron chi connectivity index (χ4n) is 2.91. The van der Waals surface area contributed by atoms with Crippen molar-refractivity contribution in [1.82, 2.24) is 10.1 Å². The Hall–Kier alpha value is -2.18. The van der Waals surface area contributed by atoms with Crippen LogP contribution in [-0.2, 0) is 15.6 Å². The summed E-state index contributed by atoms with van der Waals surface area (Å²) in [5.41, 5.74) is 1.24. The fraction of sp³-hybridized carbons (Fsp3) is 0.222. The van der Waals surface area contributed by atoms with E-state index in [2.05, 4.69) is 22.3 Å². The van der Waals surface area contributed by atoms with Crippen molar-refractivity contribution in [3.05, 3.63) is 76.9 Å². The van der Waals surface area contributed by atoms with Crippen molar-refractivity contribution in [2.75, 3.05) is 0 Å². The molecule has 5 nitrogen and oxygen atoms in total. The molecule has 0 bridgehead atoms. The third kappa shape index (κ3) is 3.45. The third-order valence-corrected chi connectivity index (χ3v) is 6.19. The SMILES string of the molecule is O=S(=O)(Cc1nc([C@@H]2C[C@H]2c2ccccc2)no1)c1ccc(Cl)cc1. The van der Waals surface area contributed by atoms with Crippen molar-refractivity contribution in [2.24, 2.45) is 0 Å². The Balaban J connectivity index is 1.48. The van der Waals surface area contributed by atoms with E-state index in [1.807, 2.05) is 18.2 Å². The molecule has 2 aromatic carbocycles. The van der Waals surface area contributed by atoms with Gasteiger partial charge in [0.1, 0.15) is 5.75 Å². The predicted octanol–water partition coefficient (Wildman–Crippen LogP) is 3.97. The molecule has 2 atom stereocenters. The second-order valence-electron chi connectivity index (χ2n) is 6.12.